The Labute approximate surface area is 164 Å². The molecule has 3 rings (SSSR count). The maximum absolute atomic E-state index is 13.0. The topological polar surface area (TPSA) is 73.4 Å². The van der Waals surface area contributed by atoms with E-state index in [9.17, 15) is 4.79 Å². The van der Waals surface area contributed by atoms with Gasteiger partial charge in [0.15, 0.2) is 0 Å². The fraction of sp³-hybridized carbons (Fsp3) is 0.273. The average molecular weight is 378 g/mol. The van der Waals surface area contributed by atoms with E-state index in [1.165, 1.54) is 0 Å². The molecule has 3 aromatic rings. The minimum Gasteiger partial charge on any atom is -0.497 e. The average Bonchev–Trinajstić information content (AvgIpc) is 2.71. The summed E-state index contributed by atoms with van der Waals surface area (Å²) in [6, 6.07) is 13.6. The predicted octanol–water partition coefficient (Wildman–Crippen LogP) is 2.99. The summed E-state index contributed by atoms with van der Waals surface area (Å²) in [5.41, 5.74) is 8.40. The van der Waals surface area contributed by atoms with E-state index in [0.29, 0.717) is 42.0 Å². The van der Waals surface area contributed by atoms with Gasteiger partial charge in [-0.15, -0.1) is 0 Å². The first-order chi connectivity index (χ1) is 13.5. The highest BCUT2D eigenvalue weighted by molar-refractivity contribution is 5.81. The molecule has 146 valence electrons. The highest BCUT2D eigenvalue weighted by atomic mass is 16.5. The number of hydrogen-bond donors (Lipinski definition) is 1. The van der Waals surface area contributed by atoms with Crippen molar-refractivity contribution >= 4 is 28.7 Å². The van der Waals surface area contributed by atoms with E-state index < -0.39 is 0 Å². The van der Waals surface area contributed by atoms with Gasteiger partial charge in [0.1, 0.15) is 11.6 Å². The first-order valence-corrected chi connectivity index (χ1v) is 9.27. The van der Waals surface area contributed by atoms with Gasteiger partial charge in [-0.05, 0) is 54.9 Å². The molecule has 0 radical (unpaired) electrons. The van der Waals surface area contributed by atoms with Crippen molar-refractivity contribution in [3.05, 3.63) is 64.2 Å². The minimum absolute atomic E-state index is 0.0834. The summed E-state index contributed by atoms with van der Waals surface area (Å²) < 4.78 is 6.93. The molecule has 0 fully saturated rings. The molecule has 0 saturated carbocycles. The van der Waals surface area contributed by atoms with Crippen molar-refractivity contribution in [2.24, 2.45) is 5.73 Å². The molecule has 0 aliphatic heterocycles. The quantitative estimate of drug-likeness (QED) is 0.684. The Balaban J connectivity index is 2.03. The molecule has 28 heavy (non-hydrogen) atoms. The largest absolute Gasteiger partial charge is 0.497 e. The van der Waals surface area contributed by atoms with Gasteiger partial charge in [-0.1, -0.05) is 18.2 Å². The lowest BCUT2D eigenvalue weighted by Crippen LogP contribution is -2.25. The second kappa shape index (κ2) is 8.71. The molecule has 0 bridgehead atoms. The minimum atomic E-state index is -0.0834. The molecule has 2 N–H and O–H groups in total. The van der Waals surface area contributed by atoms with Crippen LogP contribution in [0.3, 0.4) is 0 Å². The van der Waals surface area contributed by atoms with E-state index in [2.05, 4.69) is 17.0 Å². The zero-order valence-electron chi connectivity index (χ0n) is 16.6. The molecular weight excluding hydrogens is 352 g/mol. The van der Waals surface area contributed by atoms with Crippen molar-refractivity contribution < 1.29 is 4.74 Å². The first kappa shape index (κ1) is 19.6. The van der Waals surface area contributed by atoms with Crippen LogP contribution < -0.4 is 20.9 Å². The van der Waals surface area contributed by atoms with Gasteiger partial charge in [0.05, 0.1) is 18.0 Å². The van der Waals surface area contributed by atoms with Crippen LogP contribution in [-0.4, -0.2) is 37.3 Å². The second-order valence-corrected chi connectivity index (χ2v) is 6.77. The van der Waals surface area contributed by atoms with Crippen molar-refractivity contribution in [2.75, 3.05) is 32.6 Å². The molecule has 0 aliphatic carbocycles. The van der Waals surface area contributed by atoms with Crippen LogP contribution in [0.15, 0.2) is 47.3 Å². The number of anilines is 1. The summed E-state index contributed by atoms with van der Waals surface area (Å²) in [6.45, 7) is 1.03. The summed E-state index contributed by atoms with van der Waals surface area (Å²) in [7, 11) is 5.60. The molecule has 0 unspecified atom stereocenters. The number of hydrogen-bond acceptors (Lipinski definition) is 5. The Kier molecular flexibility index (Phi) is 6.11. The summed E-state index contributed by atoms with van der Waals surface area (Å²) in [5.74, 6) is 1.26. The number of nitrogens with zero attached hydrogens (tertiary/aromatic N) is 3. The standard InChI is InChI=1S/C22H26N4O2/c1-25(2)17-8-5-16(6-9-17)7-12-21-24-20-11-10-18(28-3)15-19(20)22(27)26(21)14-4-13-23/h5-12,15H,4,13-14,23H2,1-3H3/b12-7+. The maximum Gasteiger partial charge on any atom is 0.261 e. The third kappa shape index (κ3) is 4.23. The number of aromatic nitrogens is 2. The number of rotatable bonds is 7. The van der Waals surface area contributed by atoms with Crippen molar-refractivity contribution in [3.8, 4) is 5.75 Å². The van der Waals surface area contributed by atoms with E-state index in [1.807, 2.05) is 50.5 Å². The monoisotopic (exact) mass is 378 g/mol. The van der Waals surface area contributed by atoms with E-state index in [-0.39, 0.29) is 5.56 Å². The first-order valence-electron chi connectivity index (χ1n) is 9.27. The Morgan fingerprint density at radius 1 is 1.14 bits per heavy atom. The lowest BCUT2D eigenvalue weighted by Gasteiger charge is -2.12. The highest BCUT2D eigenvalue weighted by Crippen LogP contribution is 2.18. The number of fused-ring (bicyclic) bond motifs is 1. The predicted molar refractivity (Wildman–Crippen MR) is 116 cm³/mol. The molecule has 0 saturated heterocycles. The van der Waals surface area contributed by atoms with E-state index in [1.54, 1.807) is 17.7 Å². The van der Waals surface area contributed by atoms with Gasteiger partial charge in [-0.25, -0.2) is 4.98 Å². The summed E-state index contributed by atoms with van der Waals surface area (Å²) in [6.07, 6.45) is 4.55. The van der Waals surface area contributed by atoms with Crippen molar-refractivity contribution in [1.82, 2.24) is 9.55 Å². The lowest BCUT2D eigenvalue weighted by atomic mass is 10.1. The van der Waals surface area contributed by atoms with Crippen LogP contribution in [0.25, 0.3) is 23.1 Å². The fourth-order valence-electron chi connectivity index (χ4n) is 2.99. The van der Waals surface area contributed by atoms with Crippen LogP contribution in [0.4, 0.5) is 5.69 Å². The van der Waals surface area contributed by atoms with Crippen LogP contribution >= 0.6 is 0 Å². The molecule has 0 amide bonds. The third-order valence-corrected chi connectivity index (χ3v) is 4.61. The van der Waals surface area contributed by atoms with Gasteiger partial charge in [0, 0.05) is 26.3 Å². The number of methoxy groups -OCH3 is 1. The summed E-state index contributed by atoms with van der Waals surface area (Å²) in [5, 5.41) is 0.545. The Hall–Kier alpha value is -3.12. The van der Waals surface area contributed by atoms with Crippen LogP contribution in [0.5, 0.6) is 5.75 Å². The highest BCUT2D eigenvalue weighted by Gasteiger charge is 2.10. The Morgan fingerprint density at radius 2 is 1.89 bits per heavy atom. The van der Waals surface area contributed by atoms with Gasteiger partial charge in [0.2, 0.25) is 0 Å². The number of ether oxygens (including phenoxy) is 1. The molecule has 1 aromatic heterocycles. The van der Waals surface area contributed by atoms with Crippen LogP contribution in [0, 0.1) is 0 Å². The zero-order valence-corrected chi connectivity index (χ0v) is 16.6. The van der Waals surface area contributed by atoms with Crippen LogP contribution in [-0.2, 0) is 6.54 Å². The molecular formula is C22H26N4O2. The number of nitrogens with two attached hydrogens (primary N) is 1. The summed E-state index contributed by atoms with van der Waals surface area (Å²) >= 11 is 0. The van der Waals surface area contributed by atoms with Gasteiger partial charge in [0.25, 0.3) is 5.56 Å². The molecule has 6 nitrogen and oxygen atoms in total. The second-order valence-electron chi connectivity index (χ2n) is 6.77. The van der Waals surface area contributed by atoms with E-state index in [0.717, 1.165) is 11.3 Å². The van der Waals surface area contributed by atoms with E-state index in [4.69, 9.17) is 15.5 Å². The Morgan fingerprint density at radius 3 is 2.54 bits per heavy atom. The number of benzene rings is 2. The molecule has 2 aromatic carbocycles. The fourth-order valence-corrected chi connectivity index (χ4v) is 2.99. The molecule has 0 atom stereocenters. The normalized spacial score (nSPS) is 11.3. The van der Waals surface area contributed by atoms with Crippen LogP contribution in [0.2, 0.25) is 0 Å². The Bertz CT molecular complexity index is 1040. The van der Waals surface area contributed by atoms with Crippen molar-refractivity contribution in [3.63, 3.8) is 0 Å². The molecule has 6 heteroatoms. The van der Waals surface area contributed by atoms with Gasteiger partial charge >= 0.3 is 0 Å². The van der Waals surface area contributed by atoms with E-state index >= 15 is 0 Å². The maximum atomic E-state index is 13.0. The van der Waals surface area contributed by atoms with Gasteiger partial charge in [-0.3, -0.25) is 9.36 Å². The lowest BCUT2D eigenvalue weighted by molar-refractivity contribution is 0.415. The van der Waals surface area contributed by atoms with Crippen molar-refractivity contribution in [2.45, 2.75) is 13.0 Å². The van der Waals surface area contributed by atoms with Gasteiger partial charge < -0.3 is 15.4 Å². The molecule has 0 spiro atoms. The van der Waals surface area contributed by atoms with Crippen molar-refractivity contribution in [1.29, 1.82) is 0 Å². The molecule has 0 aliphatic rings. The van der Waals surface area contributed by atoms with Crippen LogP contribution in [0.1, 0.15) is 17.8 Å². The summed E-state index contributed by atoms with van der Waals surface area (Å²) in [4.78, 5) is 19.8. The smallest absolute Gasteiger partial charge is 0.261 e. The zero-order chi connectivity index (χ0) is 20.1. The third-order valence-electron chi connectivity index (χ3n) is 4.61. The van der Waals surface area contributed by atoms with Gasteiger partial charge in [-0.2, -0.15) is 0 Å². The molecule has 1 heterocycles. The SMILES string of the molecule is COc1ccc2nc(/C=C/c3ccc(N(C)C)cc3)n(CCCN)c(=O)c2c1.